The molecule has 1 aliphatic rings. The summed E-state index contributed by atoms with van der Waals surface area (Å²) in [5, 5.41) is 23.1. The van der Waals surface area contributed by atoms with Crippen LogP contribution in [0.3, 0.4) is 0 Å². The van der Waals surface area contributed by atoms with Gasteiger partial charge in [0.1, 0.15) is 12.6 Å². The summed E-state index contributed by atoms with van der Waals surface area (Å²) in [6, 6.07) is 15.1. The normalized spacial score (nSPS) is 15.1. The van der Waals surface area contributed by atoms with Crippen molar-refractivity contribution in [3.63, 3.8) is 0 Å². The molecular formula is C24H28N2O6. The third kappa shape index (κ3) is 5.08. The van der Waals surface area contributed by atoms with Gasteiger partial charge in [0.15, 0.2) is 6.10 Å². The smallest absolute Gasteiger partial charge is 0.407 e. The van der Waals surface area contributed by atoms with Crippen LogP contribution in [0.15, 0.2) is 48.5 Å². The van der Waals surface area contributed by atoms with Gasteiger partial charge < -0.3 is 25.6 Å². The number of rotatable bonds is 9. The van der Waals surface area contributed by atoms with E-state index in [4.69, 9.17) is 9.84 Å². The minimum Gasteiger partial charge on any atom is -0.479 e. The number of nitrogens with one attached hydrogen (secondary N) is 2. The second kappa shape index (κ2) is 10.3. The largest absolute Gasteiger partial charge is 0.479 e. The zero-order valence-corrected chi connectivity index (χ0v) is 18.1. The molecule has 0 saturated carbocycles. The Morgan fingerprint density at radius 1 is 1.03 bits per heavy atom. The van der Waals surface area contributed by atoms with Crippen molar-refractivity contribution in [3.8, 4) is 11.1 Å². The van der Waals surface area contributed by atoms with Crippen LogP contribution < -0.4 is 10.6 Å². The Kier molecular flexibility index (Phi) is 7.48. The molecule has 8 nitrogen and oxygen atoms in total. The fraction of sp³-hybridized carbons (Fsp3) is 0.375. The lowest BCUT2D eigenvalue weighted by Crippen LogP contribution is -2.52. The van der Waals surface area contributed by atoms with Crippen LogP contribution in [0, 0.1) is 5.92 Å². The molecule has 0 radical (unpaired) electrons. The zero-order chi connectivity index (χ0) is 23.3. The minimum absolute atomic E-state index is 0.102. The SMILES string of the molecule is CC[C@H](C)[C@H](NC(=O)OCC1c2ccccc2-c2ccccc21)C(=O)NCC(O)C(=O)O. The lowest BCUT2D eigenvalue weighted by atomic mass is 9.98. The van der Waals surface area contributed by atoms with Crippen LogP contribution in [0.25, 0.3) is 11.1 Å². The fourth-order valence-electron chi connectivity index (χ4n) is 3.86. The monoisotopic (exact) mass is 440 g/mol. The Morgan fingerprint density at radius 3 is 2.12 bits per heavy atom. The van der Waals surface area contributed by atoms with Gasteiger partial charge in [-0.15, -0.1) is 0 Å². The van der Waals surface area contributed by atoms with Gasteiger partial charge in [-0.1, -0.05) is 68.8 Å². The second-order valence-electron chi connectivity index (χ2n) is 7.93. The molecule has 32 heavy (non-hydrogen) atoms. The van der Waals surface area contributed by atoms with E-state index in [1.54, 1.807) is 6.92 Å². The number of amides is 2. The number of fused-ring (bicyclic) bond motifs is 3. The molecule has 0 heterocycles. The molecule has 3 rings (SSSR count). The third-order valence-corrected chi connectivity index (χ3v) is 5.87. The van der Waals surface area contributed by atoms with E-state index in [0.29, 0.717) is 6.42 Å². The Balaban J connectivity index is 1.64. The number of aliphatic hydroxyl groups excluding tert-OH is 1. The van der Waals surface area contributed by atoms with Crippen LogP contribution in [0.5, 0.6) is 0 Å². The van der Waals surface area contributed by atoms with Gasteiger partial charge in [0.2, 0.25) is 5.91 Å². The number of benzene rings is 2. The van der Waals surface area contributed by atoms with Gasteiger partial charge >= 0.3 is 12.1 Å². The summed E-state index contributed by atoms with van der Waals surface area (Å²) in [5.41, 5.74) is 4.40. The van der Waals surface area contributed by atoms with Gasteiger partial charge in [0.05, 0.1) is 6.54 Å². The number of carboxylic acids is 1. The Labute approximate surface area is 186 Å². The number of ether oxygens (including phenoxy) is 1. The number of carbonyl (C=O) groups excluding carboxylic acids is 2. The average Bonchev–Trinajstić information content (AvgIpc) is 3.12. The Hall–Kier alpha value is -3.39. The van der Waals surface area contributed by atoms with Gasteiger partial charge in [-0.25, -0.2) is 9.59 Å². The molecule has 2 aromatic carbocycles. The number of alkyl carbamates (subject to hydrolysis) is 1. The highest BCUT2D eigenvalue weighted by Gasteiger charge is 2.31. The summed E-state index contributed by atoms with van der Waals surface area (Å²) in [6.07, 6.45) is -1.85. The molecule has 0 aliphatic heterocycles. The maximum absolute atomic E-state index is 12.5. The van der Waals surface area contributed by atoms with E-state index in [2.05, 4.69) is 10.6 Å². The molecule has 0 spiro atoms. The average molecular weight is 440 g/mol. The van der Waals surface area contributed by atoms with E-state index in [1.807, 2.05) is 55.5 Å². The van der Waals surface area contributed by atoms with Crippen LogP contribution in [-0.2, 0) is 14.3 Å². The number of hydrogen-bond donors (Lipinski definition) is 4. The molecular weight excluding hydrogens is 412 g/mol. The molecule has 1 unspecified atom stereocenters. The summed E-state index contributed by atoms with van der Waals surface area (Å²) >= 11 is 0. The maximum Gasteiger partial charge on any atom is 0.407 e. The van der Waals surface area contributed by atoms with Crippen molar-refractivity contribution in [2.24, 2.45) is 5.92 Å². The molecule has 3 atom stereocenters. The predicted octanol–water partition coefficient (Wildman–Crippen LogP) is 2.50. The molecule has 2 amide bonds. The van der Waals surface area contributed by atoms with Gasteiger partial charge in [0.25, 0.3) is 0 Å². The minimum atomic E-state index is -1.72. The summed E-state index contributed by atoms with van der Waals surface area (Å²) in [6.45, 7) is 3.33. The van der Waals surface area contributed by atoms with Crippen LogP contribution >= 0.6 is 0 Å². The lowest BCUT2D eigenvalue weighted by molar-refractivity contribution is -0.146. The van der Waals surface area contributed by atoms with E-state index in [0.717, 1.165) is 22.3 Å². The van der Waals surface area contributed by atoms with Crippen LogP contribution in [0.4, 0.5) is 4.79 Å². The summed E-state index contributed by atoms with van der Waals surface area (Å²) in [5.74, 6) is -2.34. The highest BCUT2D eigenvalue weighted by Crippen LogP contribution is 2.44. The van der Waals surface area contributed by atoms with Crippen LogP contribution in [0.2, 0.25) is 0 Å². The predicted molar refractivity (Wildman–Crippen MR) is 118 cm³/mol. The van der Waals surface area contributed by atoms with Gasteiger partial charge in [-0.2, -0.15) is 0 Å². The quantitative estimate of drug-likeness (QED) is 0.475. The number of carboxylic acid groups (broad SMARTS) is 1. The lowest BCUT2D eigenvalue weighted by Gasteiger charge is -2.24. The van der Waals surface area contributed by atoms with Gasteiger partial charge in [0, 0.05) is 5.92 Å². The number of carbonyl (C=O) groups is 3. The van der Waals surface area contributed by atoms with Gasteiger partial charge in [-0.05, 0) is 28.2 Å². The first-order valence-corrected chi connectivity index (χ1v) is 10.6. The summed E-state index contributed by atoms with van der Waals surface area (Å²) in [7, 11) is 0. The molecule has 2 aromatic rings. The second-order valence-corrected chi connectivity index (χ2v) is 7.93. The number of aliphatic carboxylic acids is 1. The first kappa shape index (κ1) is 23.3. The first-order chi connectivity index (χ1) is 15.3. The molecule has 0 saturated heterocycles. The number of hydrogen-bond acceptors (Lipinski definition) is 5. The van der Waals surface area contributed by atoms with Crippen molar-refractivity contribution in [2.45, 2.75) is 38.3 Å². The van der Waals surface area contributed by atoms with Crippen molar-refractivity contribution in [3.05, 3.63) is 59.7 Å². The standard InChI is InChI=1S/C24H28N2O6/c1-3-14(2)21(22(28)25-12-20(27)23(29)30)26-24(31)32-13-19-17-10-6-4-8-15(17)16-9-5-7-11-18(16)19/h4-11,14,19-21,27H,3,12-13H2,1-2H3,(H,25,28)(H,26,31)(H,29,30)/t14-,20?,21-/m0/s1. The van der Waals surface area contributed by atoms with E-state index in [1.165, 1.54) is 0 Å². The molecule has 1 aliphatic carbocycles. The van der Waals surface area contributed by atoms with Crippen LogP contribution in [0.1, 0.15) is 37.3 Å². The summed E-state index contributed by atoms with van der Waals surface area (Å²) < 4.78 is 5.51. The van der Waals surface area contributed by atoms with Crippen molar-refractivity contribution in [1.29, 1.82) is 0 Å². The van der Waals surface area contributed by atoms with E-state index >= 15 is 0 Å². The van der Waals surface area contributed by atoms with Crippen molar-refractivity contribution >= 4 is 18.0 Å². The Bertz CT molecular complexity index is 946. The topological polar surface area (TPSA) is 125 Å². The highest BCUT2D eigenvalue weighted by atomic mass is 16.5. The van der Waals surface area contributed by atoms with Crippen molar-refractivity contribution in [1.82, 2.24) is 10.6 Å². The third-order valence-electron chi connectivity index (χ3n) is 5.87. The van der Waals surface area contributed by atoms with E-state index < -0.39 is 36.7 Å². The molecule has 0 aromatic heterocycles. The van der Waals surface area contributed by atoms with Gasteiger partial charge in [-0.3, -0.25) is 4.79 Å². The molecule has 0 bridgehead atoms. The maximum atomic E-state index is 12.5. The highest BCUT2D eigenvalue weighted by molar-refractivity contribution is 5.86. The molecule has 170 valence electrons. The summed E-state index contributed by atoms with van der Waals surface area (Å²) in [4.78, 5) is 35.8. The first-order valence-electron chi connectivity index (χ1n) is 10.6. The van der Waals surface area contributed by atoms with Crippen LogP contribution in [-0.4, -0.2) is 53.5 Å². The fourth-order valence-corrected chi connectivity index (χ4v) is 3.86. The number of aliphatic hydroxyl groups is 1. The van der Waals surface area contributed by atoms with Crippen molar-refractivity contribution in [2.75, 3.05) is 13.2 Å². The molecule has 4 N–H and O–H groups in total. The molecule has 8 heteroatoms. The van der Waals surface area contributed by atoms with E-state index in [-0.39, 0.29) is 18.4 Å². The van der Waals surface area contributed by atoms with E-state index in [9.17, 15) is 19.5 Å². The van der Waals surface area contributed by atoms with Crippen molar-refractivity contribution < 1.29 is 29.3 Å². The Morgan fingerprint density at radius 2 is 1.59 bits per heavy atom. The zero-order valence-electron chi connectivity index (χ0n) is 18.1. The molecule has 0 fully saturated rings.